The highest BCUT2D eigenvalue weighted by molar-refractivity contribution is 7.89. The summed E-state index contributed by atoms with van der Waals surface area (Å²) in [4.78, 5) is 2.28. The van der Waals surface area contributed by atoms with Gasteiger partial charge in [-0.3, -0.25) is 0 Å². The van der Waals surface area contributed by atoms with Gasteiger partial charge in [-0.2, -0.15) is 0 Å². The Morgan fingerprint density at radius 2 is 2.24 bits per heavy atom. The van der Waals surface area contributed by atoms with Crippen molar-refractivity contribution in [3.05, 3.63) is 29.3 Å². The van der Waals surface area contributed by atoms with Crippen molar-refractivity contribution < 1.29 is 18.3 Å². The quantitative estimate of drug-likeness (QED) is 0.806. The van der Waals surface area contributed by atoms with Gasteiger partial charge in [0.25, 0.3) is 0 Å². The second-order valence-electron chi connectivity index (χ2n) is 5.35. The summed E-state index contributed by atoms with van der Waals surface area (Å²) in [6.07, 6.45) is -0.138. The largest absolute Gasteiger partial charge is 0.392 e. The number of aryl methyl sites for hydroxylation is 1. The van der Waals surface area contributed by atoms with Gasteiger partial charge < -0.3 is 14.7 Å². The molecule has 1 atom stereocenters. The van der Waals surface area contributed by atoms with Crippen molar-refractivity contribution in [3.63, 3.8) is 0 Å². The van der Waals surface area contributed by atoms with Crippen molar-refractivity contribution in [1.82, 2.24) is 9.62 Å². The van der Waals surface area contributed by atoms with Gasteiger partial charge in [-0.1, -0.05) is 6.07 Å². The fourth-order valence-corrected chi connectivity index (χ4v) is 3.38. The molecule has 0 aliphatic carbocycles. The number of morpholine rings is 1. The van der Waals surface area contributed by atoms with E-state index in [1.54, 1.807) is 12.1 Å². The number of aliphatic hydroxyl groups excluding tert-OH is 1. The van der Waals surface area contributed by atoms with Crippen LogP contribution >= 0.6 is 0 Å². The fourth-order valence-electron chi connectivity index (χ4n) is 2.26. The second-order valence-corrected chi connectivity index (χ2v) is 7.12. The number of sulfonamides is 1. The Kier molecular flexibility index (Phi) is 5.34. The molecule has 1 unspecified atom stereocenters. The van der Waals surface area contributed by atoms with E-state index < -0.39 is 10.0 Å². The zero-order valence-electron chi connectivity index (χ0n) is 12.4. The molecule has 118 valence electrons. The van der Waals surface area contributed by atoms with Crippen LogP contribution in [-0.2, 0) is 21.4 Å². The van der Waals surface area contributed by atoms with Crippen LogP contribution in [0.15, 0.2) is 23.1 Å². The van der Waals surface area contributed by atoms with Crippen LogP contribution in [0.3, 0.4) is 0 Å². The van der Waals surface area contributed by atoms with E-state index in [0.717, 1.165) is 12.1 Å². The Labute approximate surface area is 125 Å². The highest BCUT2D eigenvalue weighted by Gasteiger charge is 2.21. The van der Waals surface area contributed by atoms with Gasteiger partial charge in [0, 0.05) is 19.6 Å². The molecule has 6 nitrogen and oxygen atoms in total. The van der Waals surface area contributed by atoms with Gasteiger partial charge in [0.1, 0.15) is 0 Å². The molecule has 2 N–H and O–H groups in total. The number of hydrogen-bond donors (Lipinski definition) is 2. The number of rotatable bonds is 5. The first kappa shape index (κ1) is 16.4. The van der Waals surface area contributed by atoms with Crippen LogP contribution in [0.5, 0.6) is 0 Å². The van der Waals surface area contributed by atoms with E-state index in [0.29, 0.717) is 18.7 Å². The van der Waals surface area contributed by atoms with Crippen LogP contribution in [0, 0.1) is 6.92 Å². The minimum atomic E-state index is -3.59. The fraction of sp³-hybridized carbons (Fsp3) is 0.571. The van der Waals surface area contributed by atoms with E-state index in [2.05, 4.69) is 9.62 Å². The van der Waals surface area contributed by atoms with Crippen molar-refractivity contribution in [1.29, 1.82) is 0 Å². The molecule has 1 heterocycles. The van der Waals surface area contributed by atoms with Crippen LogP contribution in [0.1, 0.15) is 11.1 Å². The standard InChI is InChI=1S/C14H22N2O4S/c1-11-3-4-14(7-12(11)10-17)21(18,19)15-8-13-9-16(2)5-6-20-13/h3-4,7,13,15,17H,5-6,8-10H2,1-2H3. The molecule has 21 heavy (non-hydrogen) atoms. The van der Waals surface area contributed by atoms with Gasteiger partial charge in [-0.15, -0.1) is 0 Å². The van der Waals surface area contributed by atoms with Crippen molar-refractivity contribution >= 4 is 10.0 Å². The zero-order valence-corrected chi connectivity index (χ0v) is 13.2. The van der Waals surface area contributed by atoms with E-state index in [-0.39, 0.29) is 24.2 Å². The number of nitrogens with one attached hydrogen (secondary N) is 1. The highest BCUT2D eigenvalue weighted by Crippen LogP contribution is 2.16. The molecular weight excluding hydrogens is 292 g/mol. The number of benzene rings is 1. The topological polar surface area (TPSA) is 78.9 Å². The first-order valence-corrected chi connectivity index (χ1v) is 8.41. The van der Waals surface area contributed by atoms with E-state index in [1.165, 1.54) is 6.07 Å². The Balaban J connectivity index is 2.04. The van der Waals surface area contributed by atoms with E-state index in [9.17, 15) is 13.5 Å². The first-order chi connectivity index (χ1) is 9.92. The summed E-state index contributed by atoms with van der Waals surface area (Å²) < 4.78 is 32.7. The molecule has 7 heteroatoms. The molecule has 1 aromatic carbocycles. The average Bonchev–Trinajstić information content (AvgIpc) is 2.46. The van der Waals surface area contributed by atoms with E-state index in [4.69, 9.17) is 4.74 Å². The second kappa shape index (κ2) is 6.85. The normalized spacial score (nSPS) is 20.6. The monoisotopic (exact) mass is 314 g/mol. The van der Waals surface area contributed by atoms with Gasteiger partial charge in [-0.05, 0) is 37.2 Å². The third kappa shape index (κ3) is 4.24. The summed E-state index contributed by atoms with van der Waals surface area (Å²) in [6.45, 7) is 4.09. The lowest BCUT2D eigenvalue weighted by molar-refractivity contribution is -0.0156. The molecule has 1 aliphatic heterocycles. The molecule has 1 aromatic rings. The summed E-state index contributed by atoms with van der Waals surface area (Å²) >= 11 is 0. The first-order valence-electron chi connectivity index (χ1n) is 6.92. The maximum absolute atomic E-state index is 12.3. The maximum Gasteiger partial charge on any atom is 0.240 e. The predicted molar refractivity (Wildman–Crippen MR) is 79.5 cm³/mol. The Hall–Kier alpha value is -0.990. The van der Waals surface area contributed by atoms with Crippen molar-refractivity contribution in [2.45, 2.75) is 24.5 Å². The van der Waals surface area contributed by atoms with E-state index >= 15 is 0 Å². The molecule has 1 aliphatic rings. The highest BCUT2D eigenvalue weighted by atomic mass is 32.2. The summed E-state index contributed by atoms with van der Waals surface area (Å²) in [6, 6.07) is 4.75. The van der Waals surface area contributed by atoms with Crippen LogP contribution < -0.4 is 4.72 Å². The number of likely N-dealkylation sites (N-methyl/N-ethyl adjacent to an activating group) is 1. The molecule has 1 fully saturated rings. The van der Waals surface area contributed by atoms with Gasteiger partial charge in [0.05, 0.1) is 24.2 Å². The number of aliphatic hydroxyl groups is 1. The van der Waals surface area contributed by atoms with Crippen molar-refractivity contribution in [2.75, 3.05) is 33.3 Å². The lowest BCUT2D eigenvalue weighted by Gasteiger charge is -2.30. The van der Waals surface area contributed by atoms with Crippen LogP contribution in [-0.4, -0.2) is 57.8 Å². The van der Waals surface area contributed by atoms with Crippen molar-refractivity contribution in [3.8, 4) is 0 Å². The molecular formula is C14H22N2O4S. The van der Waals surface area contributed by atoms with Gasteiger partial charge in [-0.25, -0.2) is 13.1 Å². The number of nitrogens with zero attached hydrogens (tertiary/aromatic N) is 1. The molecule has 0 bridgehead atoms. The summed E-state index contributed by atoms with van der Waals surface area (Å²) in [5.74, 6) is 0. The third-order valence-corrected chi connectivity index (χ3v) is 5.07. The van der Waals surface area contributed by atoms with Crippen LogP contribution in [0.25, 0.3) is 0 Å². The molecule has 0 aromatic heterocycles. The molecule has 0 spiro atoms. The van der Waals surface area contributed by atoms with Gasteiger partial charge >= 0.3 is 0 Å². The lowest BCUT2D eigenvalue weighted by Crippen LogP contribution is -2.45. The van der Waals surface area contributed by atoms with Gasteiger partial charge in [0.15, 0.2) is 0 Å². The average molecular weight is 314 g/mol. The Morgan fingerprint density at radius 1 is 1.48 bits per heavy atom. The maximum atomic E-state index is 12.3. The van der Waals surface area contributed by atoms with Crippen LogP contribution in [0.4, 0.5) is 0 Å². The predicted octanol–water partition coefficient (Wildman–Crippen LogP) is 0.0962. The van der Waals surface area contributed by atoms with E-state index in [1.807, 2.05) is 14.0 Å². The SMILES string of the molecule is Cc1ccc(S(=O)(=O)NCC2CN(C)CCO2)cc1CO. The van der Waals surface area contributed by atoms with Crippen molar-refractivity contribution in [2.24, 2.45) is 0 Å². The Morgan fingerprint density at radius 3 is 2.90 bits per heavy atom. The molecule has 2 rings (SSSR count). The molecule has 0 saturated carbocycles. The summed E-state index contributed by atoms with van der Waals surface area (Å²) in [7, 11) is -1.60. The number of ether oxygens (including phenoxy) is 1. The minimum Gasteiger partial charge on any atom is -0.392 e. The zero-order chi connectivity index (χ0) is 15.5. The smallest absolute Gasteiger partial charge is 0.240 e. The lowest BCUT2D eigenvalue weighted by atomic mass is 10.1. The Bertz CT molecular complexity index is 589. The van der Waals surface area contributed by atoms with Crippen LogP contribution in [0.2, 0.25) is 0 Å². The molecule has 0 radical (unpaired) electrons. The summed E-state index contributed by atoms with van der Waals surface area (Å²) in [5.41, 5.74) is 1.49. The number of hydrogen-bond acceptors (Lipinski definition) is 5. The minimum absolute atomic E-state index is 0.138. The summed E-state index contributed by atoms with van der Waals surface area (Å²) in [5, 5.41) is 9.23. The molecule has 0 amide bonds. The third-order valence-electron chi connectivity index (χ3n) is 3.64. The molecule has 1 saturated heterocycles. The van der Waals surface area contributed by atoms with Gasteiger partial charge in [0.2, 0.25) is 10.0 Å².